The molecular formula is C46H65F3. The predicted molar refractivity (Wildman–Crippen MR) is 209 cm³/mol. The molecular weight excluding hydrogens is 610 g/mol. The molecule has 0 aliphatic heterocycles. The molecule has 0 heterocycles. The zero-order valence-electron chi connectivity index (χ0n) is 33.7. The van der Waals surface area contributed by atoms with Crippen LogP contribution in [0.2, 0.25) is 0 Å². The van der Waals surface area contributed by atoms with Crippen LogP contribution in [-0.4, -0.2) is 0 Å². The van der Waals surface area contributed by atoms with Crippen molar-refractivity contribution >= 4 is 0 Å². The summed E-state index contributed by atoms with van der Waals surface area (Å²) in [5.74, 6) is 0. The van der Waals surface area contributed by atoms with E-state index in [0.717, 1.165) is 0 Å². The van der Waals surface area contributed by atoms with Crippen LogP contribution in [0.3, 0.4) is 0 Å². The van der Waals surface area contributed by atoms with Crippen molar-refractivity contribution in [3.63, 3.8) is 0 Å². The molecule has 0 aromatic heterocycles. The number of hydrogen-bond donors (Lipinski definition) is 0. The Bertz CT molecular complexity index is 1590. The summed E-state index contributed by atoms with van der Waals surface area (Å²) in [6.07, 6.45) is -4.26. The van der Waals surface area contributed by atoms with E-state index in [9.17, 15) is 13.2 Å². The lowest BCUT2D eigenvalue weighted by Crippen LogP contribution is -2.14. The zero-order valence-corrected chi connectivity index (χ0v) is 33.7. The van der Waals surface area contributed by atoms with Crippen LogP contribution in [-0.2, 0) is 27.8 Å². The fourth-order valence-electron chi connectivity index (χ4n) is 4.77. The molecule has 0 atom stereocenters. The first-order valence-electron chi connectivity index (χ1n) is 17.4. The van der Waals surface area contributed by atoms with Crippen molar-refractivity contribution in [3.05, 3.63) is 141 Å². The van der Waals surface area contributed by atoms with Gasteiger partial charge in [0.15, 0.2) is 0 Å². The van der Waals surface area contributed by atoms with E-state index >= 15 is 0 Å². The minimum atomic E-state index is -4.26. The Balaban J connectivity index is 0.000000329. The molecule has 0 aliphatic rings. The highest BCUT2D eigenvalue weighted by Crippen LogP contribution is 2.35. The van der Waals surface area contributed by atoms with Gasteiger partial charge in [0.05, 0.1) is 5.56 Å². The van der Waals surface area contributed by atoms with E-state index in [1.54, 1.807) is 6.07 Å². The lowest BCUT2D eigenvalue weighted by molar-refractivity contribution is -0.138. The molecule has 0 unspecified atom stereocenters. The van der Waals surface area contributed by atoms with E-state index in [1.807, 2.05) is 20.8 Å². The van der Waals surface area contributed by atoms with E-state index in [-0.39, 0.29) is 27.2 Å². The van der Waals surface area contributed by atoms with E-state index in [1.165, 1.54) is 58.0 Å². The van der Waals surface area contributed by atoms with Gasteiger partial charge in [0.25, 0.3) is 0 Å². The molecule has 4 rings (SSSR count). The van der Waals surface area contributed by atoms with Gasteiger partial charge in [-0.2, -0.15) is 13.2 Å². The number of rotatable bonds is 0. The quantitative estimate of drug-likeness (QED) is 0.174. The first-order chi connectivity index (χ1) is 22.0. The number of benzene rings is 4. The average molecular weight is 675 g/mol. The molecule has 0 saturated carbocycles. The molecule has 0 amide bonds. The largest absolute Gasteiger partial charge is 0.416 e. The third-order valence-corrected chi connectivity index (χ3v) is 8.58. The van der Waals surface area contributed by atoms with Crippen LogP contribution in [0.25, 0.3) is 0 Å². The predicted octanol–water partition coefficient (Wildman–Crippen LogP) is 14.5. The van der Waals surface area contributed by atoms with Gasteiger partial charge in [-0.25, -0.2) is 0 Å². The molecule has 0 bridgehead atoms. The minimum absolute atomic E-state index is 0.256. The van der Waals surface area contributed by atoms with Crippen molar-refractivity contribution < 1.29 is 13.2 Å². The fraction of sp³-hybridized carbons (Fsp3) is 0.478. The Morgan fingerprint density at radius 1 is 0.347 bits per heavy atom. The van der Waals surface area contributed by atoms with Crippen LogP contribution >= 0.6 is 0 Å². The Hall–Kier alpha value is -3.33. The smallest absolute Gasteiger partial charge is 0.166 e. The maximum absolute atomic E-state index is 12.6. The van der Waals surface area contributed by atoms with Crippen LogP contribution in [0.1, 0.15) is 139 Å². The first kappa shape index (κ1) is 43.7. The zero-order chi connectivity index (χ0) is 38.2. The molecule has 4 aromatic carbocycles. The maximum atomic E-state index is 12.6. The standard InChI is InChI=1S/C12H15F3.C12H18.2C11H16/c1-8-5-6-9(11(2,3)4)7-10(8)12(13,14)15;1-9-6-7-11(8-10(9)2)12(3,4)5;1-9-5-7-10(8-6-9)11(2,3)4;1-9-6-5-7-10(8-9)11(2,3)4/h5-7H,1-4H3;6-8H,1-5H3;2*5-8H,1-4H3. The molecule has 0 aliphatic carbocycles. The molecule has 4 aromatic rings. The summed E-state index contributed by atoms with van der Waals surface area (Å²) in [5, 5.41) is 0. The van der Waals surface area contributed by atoms with Gasteiger partial charge in [0, 0.05) is 0 Å². The highest BCUT2D eigenvalue weighted by Gasteiger charge is 2.33. The summed E-state index contributed by atoms with van der Waals surface area (Å²) >= 11 is 0. The van der Waals surface area contributed by atoms with E-state index in [2.05, 4.69) is 157 Å². The molecule has 49 heavy (non-hydrogen) atoms. The van der Waals surface area contributed by atoms with Gasteiger partial charge in [-0.3, -0.25) is 0 Å². The van der Waals surface area contributed by atoms with Gasteiger partial charge in [0.1, 0.15) is 0 Å². The van der Waals surface area contributed by atoms with E-state index < -0.39 is 11.7 Å². The van der Waals surface area contributed by atoms with Crippen molar-refractivity contribution in [2.75, 3.05) is 0 Å². The summed E-state index contributed by atoms with van der Waals surface area (Å²) in [7, 11) is 0. The van der Waals surface area contributed by atoms with Crippen LogP contribution in [0, 0.1) is 34.6 Å². The topological polar surface area (TPSA) is 0 Å². The molecule has 0 N–H and O–H groups in total. The summed E-state index contributed by atoms with van der Waals surface area (Å²) in [6, 6.07) is 28.7. The number of alkyl halides is 3. The lowest BCUT2D eigenvalue weighted by Gasteiger charge is -2.21. The van der Waals surface area contributed by atoms with Gasteiger partial charge in [-0.15, -0.1) is 0 Å². The third-order valence-electron chi connectivity index (χ3n) is 8.58. The lowest BCUT2D eigenvalue weighted by atomic mass is 9.85. The summed E-state index contributed by atoms with van der Waals surface area (Å²) in [4.78, 5) is 0. The Morgan fingerprint density at radius 3 is 1.10 bits per heavy atom. The molecule has 0 nitrogen and oxygen atoms in total. The second-order valence-electron chi connectivity index (χ2n) is 17.6. The number of halogens is 3. The highest BCUT2D eigenvalue weighted by molar-refractivity contribution is 5.36. The maximum Gasteiger partial charge on any atom is 0.416 e. The Morgan fingerprint density at radius 2 is 0.735 bits per heavy atom. The van der Waals surface area contributed by atoms with Crippen LogP contribution < -0.4 is 0 Å². The van der Waals surface area contributed by atoms with Crippen LogP contribution in [0.4, 0.5) is 13.2 Å². The number of aryl methyl sites for hydroxylation is 5. The average Bonchev–Trinajstić information content (AvgIpc) is 2.93. The van der Waals surface area contributed by atoms with Gasteiger partial charge in [0.2, 0.25) is 0 Å². The fourth-order valence-corrected chi connectivity index (χ4v) is 4.77. The molecule has 0 saturated heterocycles. The van der Waals surface area contributed by atoms with Crippen LogP contribution in [0.5, 0.6) is 0 Å². The van der Waals surface area contributed by atoms with Crippen molar-refractivity contribution in [3.8, 4) is 0 Å². The normalized spacial score (nSPS) is 12.1. The van der Waals surface area contributed by atoms with Crippen molar-refractivity contribution in [2.24, 2.45) is 0 Å². The first-order valence-corrected chi connectivity index (χ1v) is 17.4. The highest BCUT2D eigenvalue weighted by atomic mass is 19.4. The molecule has 3 heteroatoms. The second-order valence-corrected chi connectivity index (χ2v) is 17.6. The molecule has 0 radical (unpaired) electrons. The van der Waals surface area contributed by atoms with Crippen molar-refractivity contribution in [2.45, 2.75) is 146 Å². The van der Waals surface area contributed by atoms with Crippen LogP contribution in [0.15, 0.2) is 84.9 Å². The number of hydrogen-bond acceptors (Lipinski definition) is 0. The van der Waals surface area contributed by atoms with E-state index in [4.69, 9.17) is 0 Å². The van der Waals surface area contributed by atoms with Crippen molar-refractivity contribution in [1.29, 1.82) is 0 Å². The summed E-state index contributed by atoms with van der Waals surface area (Å²) in [6.45, 7) is 35.9. The van der Waals surface area contributed by atoms with Gasteiger partial charge < -0.3 is 0 Å². The SMILES string of the molecule is Cc1ccc(C(C)(C)C)cc1.Cc1ccc(C(C)(C)C)cc1C.Cc1ccc(C(C)(C)C)cc1C(F)(F)F.Cc1cccc(C(C)(C)C)c1. The summed E-state index contributed by atoms with van der Waals surface area (Å²) < 4.78 is 37.9. The van der Waals surface area contributed by atoms with Gasteiger partial charge >= 0.3 is 6.18 Å². The molecule has 0 fully saturated rings. The van der Waals surface area contributed by atoms with Gasteiger partial charge in [-0.05, 0) is 101 Å². The Kier molecular flexibility index (Phi) is 15.2. The van der Waals surface area contributed by atoms with Crippen molar-refractivity contribution in [1.82, 2.24) is 0 Å². The minimum Gasteiger partial charge on any atom is -0.166 e. The molecule has 270 valence electrons. The summed E-state index contributed by atoms with van der Waals surface area (Å²) in [5.41, 5.74) is 10.7. The van der Waals surface area contributed by atoms with Gasteiger partial charge in [-0.1, -0.05) is 173 Å². The third kappa shape index (κ3) is 15.4. The molecule has 0 spiro atoms. The monoisotopic (exact) mass is 675 g/mol. The Labute approximate surface area is 298 Å². The van der Waals surface area contributed by atoms with E-state index in [0.29, 0.717) is 5.56 Å². The second kappa shape index (κ2) is 17.1.